The van der Waals surface area contributed by atoms with E-state index < -0.39 is 11.9 Å². The molecule has 1 aromatic heterocycles. The standard InChI is InChI=1S/C17H31N5O2.C2H4O2/c1-5-8-24-13-9-11(6-7-12(13)18)16-20-15(10-14(19)23)21-22(16)17(2,3)4;1-2(3)4/h11-13H,5-10,18H2,1-4H3,(H2,19,23);1H3,(H,3,4)/t11-,12+,13+;/m0./s1. The number of hydrogen-bond donors (Lipinski definition) is 3. The Morgan fingerprint density at radius 2 is 1.93 bits per heavy atom. The fraction of sp³-hybridized carbons (Fsp3) is 0.789. The van der Waals surface area contributed by atoms with Crippen LogP contribution < -0.4 is 11.5 Å². The molecule has 2 rings (SSSR count). The van der Waals surface area contributed by atoms with Gasteiger partial charge in [-0.05, 0) is 46.5 Å². The molecule has 1 aromatic rings. The Morgan fingerprint density at radius 3 is 2.43 bits per heavy atom. The summed E-state index contributed by atoms with van der Waals surface area (Å²) in [6.07, 6.45) is 3.80. The molecule has 1 aliphatic rings. The van der Waals surface area contributed by atoms with Crippen LogP contribution in [-0.4, -0.2) is 50.5 Å². The monoisotopic (exact) mass is 397 g/mol. The summed E-state index contributed by atoms with van der Waals surface area (Å²) in [5.41, 5.74) is 11.3. The van der Waals surface area contributed by atoms with E-state index in [1.54, 1.807) is 0 Å². The number of rotatable bonds is 6. The number of carbonyl (C=O) groups excluding carboxylic acids is 1. The lowest BCUT2D eigenvalue weighted by Crippen LogP contribution is -2.42. The third-order valence-electron chi connectivity index (χ3n) is 4.39. The molecule has 9 heteroatoms. The largest absolute Gasteiger partial charge is 0.481 e. The Labute approximate surface area is 166 Å². The van der Waals surface area contributed by atoms with Crippen molar-refractivity contribution in [2.45, 2.75) is 90.3 Å². The molecule has 0 aliphatic heterocycles. The lowest BCUT2D eigenvalue weighted by Gasteiger charge is -2.34. The van der Waals surface area contributed by atoms with Crippen molar-refractivity contribution in [3.05, 3.63) is 11.6 Å². The highest BCUT2D eigenvalue weighted by Gasteiger charge is 2.34. The lowest BCUT2D eigenvalue weighted by atomic mass is 9.83. The van der Waals surface area contributed by atoms with Crippen molar-refractivity contribution >= 4 is 11.9 Å². The minimum absolute atomic E-state index is 0.0495. The van der Waals surface area contributed by atoms with Crippen molar-refractivity contribution < 1.29 is 19.4 Å². The van der Waals surface area contributed by atoms with Crippen molar-refractivity contribution in [1.82, 2.24) is 14.8 Å². The number of aliphatic carboxylic acids is 1. The zero-order valence-corrected chi connectivity index (χ0v) is 17.6. The second-order valence-corrected chi connectivity index (χ2v) is 8.21. The Morgan fingerprint density at radius 1 is 1.32 bits per heavy atom. The van der Waals surface area contributed by atoms with Crippen LogP contribution in [0.3, 0.4) is 0 Å². The number of carboxylic acids is 1. The average Bonchev–Trinajstić information content (AvgIpc) is 2.97. The quantitative estimate of drug-likeness (QED) is 0.659. The summed E-state index contributed by atoms with van der Waals surface area (Å²) in [5.74, 6) is 0.395. The van der Waals surface area contributed by atoms with Gasteiger partial charge in [-0.25, -0.2) is 9.67 Å². The molecule has 1 amide bonds. The van der Waals surface area contributed by atoms with Crippen LogP contribution in [0, 0.1) is 0 Å². The Bertz CT molecular complexity index is 649. The first kappa shape index (κ1) is 24.0. The molecule has 0 saturated heterocycles. The van der Waals surface area contributed by atoms with Crippen LogP contribution in [0.25, 0.3) is 0 Å². The van der Waals surface area contributed by atoms with Gasteiger partial charge in [0.25, 0.3) is 5.97 Å². The van der Waals surface area contributed by atoms with Crippen LogP contribution >= 0.6 is 0 Å². The second-order valence-electron chi connectivity index (χ2n) is 8.21. The van der Waals surface area contributed by atoms with E-state index >= 15 is 0 Å². The zero-order chi connectivity index (χ0) is 21.5. The van der Waals surface area contributed by atoms with Crippen LogP contribution in [0.4, 0.5) is 0 Å². The molecular formula is C19H35N5O4. The molecule has 0 radical (unpaired) electrons. The van der Waals surface area contributed by atoms with Crippen LogP contribution in [0.5, 0.6) is 0 Å². The second kappa shape index (κ2) is 10.5. The molecule has 1 aliphatic carbocycles. The van der Waals surface area contributed by atoms with E-state index in [-0.39, 0.29) is 30.0 Å². The topological polar surface area (TPSA) is 146 Å². The summed E-state index contributed by atoms with van der Waals surface area (Å²) in [5, 5.41) is 12.0. The average molecular weight is 398 g/mol. The molecule has 1 saturated carbocycles. The van der Waals surface area contributed by atoms with Gasteiger partial charge in [0.05, 0.1) is 18.1 Å². The molecule has 1 fully saturated rings. The maximum absolute atomic E-state index is 11.2. The highest BCUT2D eigenvalue weighted by molar-refractivity contribution is 5.75. The Balaban J connectivity index is 0.000000892. The molecule has 0 spiro atoms. The number of nitrogens with zero attached hydrogens (tertiary/aromatic N) is 3. The van der Waals surface area contributed by atoms with Crippen molar-refractivity contribution in [2.24, 2.45) is 11.5 Å². The number of aromatic nitrogens is 3. The summed E-state index contributed by atoms with van der Waals surface area (Å²) < 4.78 is 7.87. The van der Waals surface area contributed by atoms with Crippen LogP contribution in [-0.2, 0) is 26.3 Å². The van der Waals surface area contributed by atoms with E-state index in [1.807, 2.05) is 4.68 Å². The van der Waals surface area contributed by atoms with Gasteiger partial charge in [-0.3, -0.25) is 9.59 Å². The predicted octanol–water partition coefficient (Wildman–Crippen LogP) is 1.54. The first-order chi connectivity index (χ1) is 13.0. The molecule has 0 bridgehead atoms. The summed E-state index contributed by atoms with van der Waals surface area (Å²) >= 11 is 0. The molecule has 0 unspecified atom stereocenters. The van der Waals surface area contributed by atoms with Crippen molar-refractivity contribution in [3.63, 3.8) is 0 Å². The van der Waals surface area contributed by atoms with E-state index in [2.05, 4.69) is 37.8 Å². The zero-order valence-electron chi connectivity index (χ0n) is 17.6. The fourth-order valence-corrected chi connectivity index (χ4v) is 3.21. The molecule has 160 valence electrons. The molecule has 5 N–H and O–H groups in total. The van der Waals surface area contributed by atoms with Gasteiger partial charge in [0.15, 0.2) is 5.82 Å². The SMILES string of the molecule is CC(=O)O.CCCO[C@@H]1C[C@@H](c2nc(CC(N)=O)nn2C(C)(C)C)CC[C@H]1N. The minimum Gasteiger partial charge on any atom is -0.481 e. The number of carbonyl (C=O) groups is 2. The van der Waals surface area contributed by atoms with Crippen LogP contribution in [0.2, 0.25) is 0 Å². The molecule has 9 nitrogen and oxygen atoms in total. The highest BCUT2D eigenvalue weighted by Crippen LogP contribution is 2.34. The van der Waals surface area contributed by atoms with Crippen molar-refractivity contribution in [2.75, 3.05) is 6.61 Å². The van der Waals surface area contributed by atoms with Crippen molar-refractivity contribution in [1.29, 1.82) is 0 Å². The van der Waals surface area contributed by atoms with Gasteiger partial charge in [0, 0.05) is 25.5 Å². The van der Waals surface area contributed by atoms with Gasteiger partial charge in [0.2, 0.25) is 5.91 Å². The Kier molecular flexibility index (Phi) is 9.03. The molecule has 0 aromatic carbocycles. The van der Waals surface area contributed by atoms with Gasteiger partial charge in [-0.15, -0.1) is 0 Å². The van der Waals surface area contributed by atoms with Gasteiger partial charge < -0.3 is 21.3 Å². The minimum atomic E-state index is -0.833. The summed E-state index contributed by atoms with van der Waals surface area (Å²) in [6.45, 7) is 10.2. The van der Waals surface area contributed by atoms with Gasteiger partial charge >= 0.3 is 0 Å². The first-order valence-electron chi connectivity index (χ1n) is 9.77. The predicted molar refractivity (Wildman–Crippen MR) is 106 cm³/mol. The highest BCUT2D eigenvalue weighted by atomic mass is 16.5. The number of primary amides is 1. The van der Waals surface area contributed by atoms with E-state index in [0.717, 1.165) is 45.0 Å². The number of ether oxygens (including phenoxy) is 1. The van der Waals surface area contributed by atoms with Crippen LogP contribution in [0.15, 0.2) is 0 Å². The molecule has 3 atom stereocenters. The van der Waals surface area contributed by atoms with E-state index in [1.165, 1.54) is 0 Å². The van der Waals surface area contributed by atoms with Crippen LogP contribution in [0.1, 0.15) is 77.9 Å². The van der Waals surface area contributed by atoms with Gasteiger partial charge in [0.1, 0.15) is 5.82 Å². The Hall–Kier alpha value is -2.00. The van der Waals surface area contributed by atoms with E-state index in [9.17, 15) is 4.79 Å². The van der Waals surface area contributed by atoms with E-state index in [0.29, 0.717) is 5.82 Å². The smallest absolute Gasteiger partial charge is 0.300 e. The fourth-order valence-electron chi connectivity index (χ4n) is 3.21. The summed E-state index contributed by atoms with van der Waals surface area (Å²) in [7, 11) is 0. The summed E-state index contributed by atoms with van der Waals surface area (Å²) in [4.78, 5) is 24.9. The van der Waals surface area contributed by atoms with Gasteiger partial charge in [-0.1, -0.05) is 6.92 Å². The third-order valence-corrected chi connectivity index (χ3v) is 4.39. The lowest BCUT2D eigenvalue weighted by molar-refractivity contribution is -0.134. The maximum atomic E-state index is 11.2. The van der Waals surface area contributed by atoms with Gasteiger partial charge in [-0.2, -0.15) is 5.10 Å². The number of hydrogen-bond acceptors (Lipinski definition) is 6. The summed E-state index contributed by atoms with van der Waals surface area (Å²) in [6, 6.07) is 0.0731. The molecule has 28 heavy (non-hydrogen) atoms. The number of nitrogens with two attached hydrogens (primary N) is 2. The maximum Gasteiger partial charge on any atom is 0.300 e. The molecule has 1 heterocycles. The first-order valence-corrected chi connectivity index (χ1v) is 9.77. The number of amides is 1. The normalized spacial score (nSPS) is 22.3. The number of carboxylic acid groups (broad SMARTS) is 1. The molecular weight excluding hydrogens is 362 g/mol. The van der Waals surface area contributed by atoms with Crippen molar-refractivity contribution in [3.8, 4) is 0 Å². The third kappa shape index (κ3) is 7.55. The van der Waals surface area contributed by atoms with E-state index in [4.69, 9.17) is 26.1 Å².